The second-order valence-electron chi connectivity index (χ2n) is 5.15. The molecule has 3 N–H and O–H groups in total. The molecule has 1 saturated heterocycles. The van der Waals surface area contributed by atoms with Crippen molar-refractivity contribution >= 4 is 17.6 Å². The van der Waals surface area contributed by atoms with Gasteiger partial charge in [-0.2, -0.15) is 0 Å². The quantitative estimate of drug-likeness (QED) is 0.782. The monoisotopic (exact) mass is 292 g/mol. The van der Waals surface area contributed by atoms with Gasteiger partial charge in [0.1, 0.15) is 5.92 Å². The molecule has 114 valence electrons. The average molecular weight is 292 g/mol. The Morgan fingerprint density at radius 2 is 2.19 bits per heavy atom. The van der Waals surface area contributed by atoms with E-state index in [9.17, 15) is 14.7 Å². The van der Waals surface area contributed by atoms with Gasteiger partial charge in [0, 0.05) is 12.2 Å². The van der Waals surface area contributed by atoms with Crippen LogP contribution in [0.4, 0.5) is 5.69 Å². The molecule has 0 saturated carbocycles. The maximum absolute atomic E-state index is 12.4. The molecule has 6 nitrogen and oxygen atoms in total. The highest BCUT2D eigenvalue weighted by Crippen LogP contribution is 2.21. The van der Waals surface area contributed by atoms with E-state index in [1.807, 2.05) is 13.0 Å². The fraction of sp³-hybridized carbons (Fsp3) is 0.467. The molecule has 1 aliphatic heterocycles. The van der Waals surface area contributed by atoms with Crippen molar-refractivity contribution in [3.05, 3.63) is 29.8 Å². The largest absolute Gasteiger partial charge is 0.481 e. The molecule has 2 unspecified atom stereocenters. The highest BCUT2D eigenvalue weighted by atomic mass is 16.5. The Morgan fingerprint density at radius 1 is 1.43 bits per heavy atom. The Labute approximate surface area is 123 Å². The molecule has 0 aliphatic carbocycles. The summed E-state index contributed by atoms with van der Waals surface area (Å²) in [6, 6.07) is 6.75. The fourth-order valence-corrected chi connectivity index (χ4v) is 2.66. The number of carboxylic acid groups (broad SMARTS) is 1. The number of carbonyl (C=O) groups excluding carboxylic acids is 1. The number of likely N-dealkylation sites (N-methyl/N-ethyl adjacent to an activating group) is 1. The van der Waals surface area contributed by atoms with Crippen molar-refractivity contribution in [2.45, 2.75) is 19.4 Å². The van der Waals surface area contributed by atoms with E-state index in [1.165, 1.54) is 0 Å². The average Bonchev–Trinajstić information content (AvgIpc) is 2.89. The Hall–Kier alpha value is -2.08. The SMILES string of the molecule is CCN(C(=O)Cc1cccc(N)c1)C1COCC1C(=O)O. The van der Waals surface area contributed by atoms with Crippen LogP contribution in [0, 0.1) is 5.92 Å². The van der Waals surface area contributed by atoms with Gasteiger partial charge in [-0.3, -0.25) is 9.59 Å². The number of nitrogens with zero attached hydrogens (tertiary/aromatic N) is 1. The molecule has 0 bridgehead atoms. The molecule has 0 spiro atoms. The van der Waals surface area contributed by atoms with Crippen molar-refractivity contribution in [1.82, 2.24) is 4.90 Å². The molecule has 1 aromatic carbocycles. The molecule has 1 aromatic rings. The van der Waals surface area contributed by atoms with Crippen LogP contribution in [-0.4, -0.2) is 47.7 Å². The summed E-state index contributed by atoms with van der Waals surface area (Å²) in [5.74, 6) is -1.69. The number of anilines is 1. The Balaban J connectivity index is 2.10. The maximum atomic E-state index is 12.4. The van der Waals surface area contributed by atoms with E-state index in [2.05, 4.69) is 0 Å². The Bertz CT molecular complexity index is 532. The minimum atomic E-state index is -0.923. The first-order valence-electron chi connectivity index (χ1n) is 6.97. The smallest absolute Gasteiger partial charge is 0.311 e. The summed E-state index contributed by atoms with van der Waals surface area (Å²) in [6.45, 7) is 2.73. The van der Waals surface area contributed by atoms with Crippen molar-refractivity contribution in [2.75, 3.05) is 25.5 Å². The van der Waals surface area contributed by atoms with E-state index in [0.717, 1.165) is 5.56 Å². The third-order valence-electron chi connectivity index (χ3n) is 3.74. The fourth-order valence-electron chi connectivity index (χ4n) is 2.66. The second kappa shape index (κ2) is 6.58. The molecule has 2 rings (SSSR count). The molecule has 0 aromatic heterocycles. The number of ether oxygens (including phenoxy) is 1. The zero-order valence-electron chi connectivity index (χ0n) is 12.0. The number of carbonyl (C=O) groups is 2. The van der Waals surface area contributed by atoms with Crippen LogP contribution in [0.5, 0.6) is 0 Å². The summed E-state index contributed by atoms with van der Waals surface area (Å²) >= 11 is 0. The number of rotatable bonds is 5. The summed E-state index contributed by atoms with van der Waals surface area (Å²) in [7, 11) is 0. The zero-order chi connectivity index (χ0) is 15.4. The lowest BCUT2D eigenvalue weighted by Gasteiger charge is -2.29. The van der Waals surface area contributed by atoms with Gasteiger partial charge in [-0.05, 0) is 24.6 Å². The van der Waals surface area contributed by atoms with Crippen molar-refractivity contribution in [2.24, 2.45) is 5.92 Å². The summed E-state index contributed by atoms with van der Waals surface area (Å²) in [5, 5.41) is 9.20. The molecule has 6 heteroatoms. The van der Waals surface area contributed by atoms with E-state index < -0.39 is 17.9 Å². The predicted molar refractivity (Wildman–Crippen MR) is 77.7 cm³/mol. The molecular weight excluding hydrogens is 272 g/mol. The van der Waals surface area contributed by atoms with E-state index in [4.69, 9.17) is 10.5 Å². The number of hydrogen-bond acceptors (Lipinski definition) is 4. The second-order valence-corrected chi connectivity index (χ2v) is 5.15. The molecule has 21 heavy (non-hydrogen) atoms. The topological polar surface area (TPSA) is 92.9 Å². The van der Waals surface area contributed by atoms with Gasteiger partial charge in [-0.25, -0.2) is 0 Å². The minimum Gasteiger partial charge on any atom is -0.481 e. The Morgan fingerprint density at radius 3 is 2.81 bits per heavy atom. The van der Waals surface area contributed by atoms with E-state index >= 15 is 0 Å². The normalized spacial score (nSPS) is 21.2. The highest BCUT2D eigenvalue weighted by molar-refractivity contribution is 5.81. The summed E-state index contributed by atoms with van der Waals surface area (Å²) in [6.07, 6.45) is 0.210. The number of hydrogen-bond donors (Lipinski definition) is 2. The van der Waals surface area contributed by atoms with Gasteiger partial charge < -0.3 is 20.5 Å². The molecule has 1 amide bonds. The Kier molecular flexibility index (Phi) is 4.80. The number of amides is 1. The van der Waals surface area contributed by atoms with Crippen molar-refractivity contribution < 1.29 is 19.4 Å². The van der Waals surface area contributed by atoms with Gasteiger partial charge in [0.25, 0.3) is 0 Å². The van der Waals surface area contributed by atoms with Gasteiger partial charge in [-0.1, -0.05) is 12.1 Å². The molecule has 0 radical (unpaired) electrons. The van der Waals surface area contributed by atoms with Crippen LogP contribution >= 0.6 is 0 Å². The molecule has 2 atom stereocenters. The summed E-state index contributed by atoms with van der Waals surface area (Å²) in [4.78, 5) is 25.3. The van der Waals surface area contributed by atoms with E-state index in [1.54, 1.807) is 23.1 Å². The van der Waals surface area contributed by atoms with E-state index in [0.29, 0.717) is 12.2 Å². The van der Waals surface area contributed by atoms with Gasteiger partial charge in [-0.15, -0.1) is 0 Å². The lowest BCUT2D eigenvalue weighted by atomic mass is 10.0. The third-order valence-corrected chi connectivity index (χ3v) is 3.74. The van der Waals surface area contributed by atoms with Gasteiger partial charge in [0.05, 0.1) is 25.7 Å². The summed E-state index contributed by atoms with van der Waals surface area (Å²) < 4.78 is 5.24. The first-order valence-corrected chi connectivity index (χ1v) is 6.97. The first-order chi connectivity index (χ1) is 10.0. The van der Waals surface area contributed by atoms with E-state index in [-0.39, 0.29) is 25.5 Å². The standard InChI is InChI=1S/C15H20N2O4/c1-2-17(13-9-21-8-12(13)15(19)20)14(18)7-10-4-3-5-11(16)6-10/h3-6,12-13H,2,7-9,16H2,1H3,(H,19,20). The highest BCUT2D eigenvalue weighted by Gasteiger charge is 2.39. The van der Waals surface area contributed by atoms with Gasteiger partial charge in [0.15, 0.2) is 0 Å². The van der Waals surface area contributed by atoms with Gasteiger partial charge >= 0.3 is 5.97 Å². The minimum absolute atomic E-state index is 0.107. The molecule has 1 fully saturated rings. The summed E-state index contributed by atoms with van der Waals surface area (Å²) in [5.41, 5.74) is 7.13. The number of nitrogen functional groups attached to an aromatic ring is 1. The molecule has 1 aliphatic rings. The van der Waals surface area contributed by atoms with Crippen LogP contribution in [0.1, 0.15) is 12.5 Å². The first kappa shape index (κ1) is 15.3. The van der Waals surface area contributed by atoms with Crippen LogP contribution in [0.15, 0.2) is 24.3 Å². The zero-order valence-corrected chi connectivity index (χ0v) is 12.0. The lowest BCUT2D eigenvalue weighted by Crippen LogP contribution is -2.47. The van der Waals surface area contributed by atoms with Gasteiger partial charge in [0.2, 0.25) is 5.91 Å². The molecular formula is C15H20N2O4. The van der Waals surface area contributed by atoms with Crippen molar-refractivity contribution in [3.8, 4) is 0 Å². The van der Waals surface area contributed by atoms with Crippen LogP contribution in [0.2, 0.25) is 0 Å². The van der Waals surface area contributed by atoms with Crippen LogP contribution < -0.4 is 5.73 Å². The molecule has 1 heterocycles. The number of aliphatic carboxylic acids is 1. The number of benzene rings is 1. The maximum Gasteiger partial charge on any atom is 0.311 e. The van der Waals surface area contributed by atoms with Crippen LogP contribution in [-0.2, 0) is 20.7 Å². The van der Waals surface area contributed by atoms with Crippen molar-refractivity contribution in [1.29, 1.82) is 0 Å². The third kappa shape index (κ3) is 3.52. The lowest BCUT2D eigenvalue weighted by molar-refractivity contribution is -0.144. The number of nitrogens with two attached hydrogens (primary N) is 1. The number of carboxylic acids is 1. The predicted octanol–water partition coefficient (Wildman–Crippen LogP) is 0.759. The van der Waals surface area contributed by atoms with Crippen LogP contribution in [0.25, 0.3) is 0 Å². The van der Waals surface area contributed by atoms with Crippen LogP contribution in [0.3, 0.4) is 0 Å². The van der Waals surface area contributed by atoms with Crippen molar-refractivity contribution in [3.63, 3.8) is 0 Å².